The zero-order valence-electron chi connectivity index (χ0n) is 12.9. The Morgan fingerprint density at radius 3 is 2.79 bits per heavy atom. The van der Waals surface area contributed by atoms with Gasteiger partial charge in [0.05, 0.1) is 4.88 Å². The minimum absolute atomic E-state index is 0.207. The first-order valence-electron chi connectivity index (χ1n) is 7.71. The Kier molecular flexibility index (Phi) is 5.37. The predicted molar refractivity (Wildman–Crippen MR) is 93.5 cm³/mol. The summed E-state index contributed by atoms with van der Waals surface area (Å²) in [6.07, 6.45) is 4.40. The molecular weight excluding hydrogens is 348 g/mol. The fraction of sp³-hybridized carbons (Fsp3) is 0.294. The predicted octanol–water partition coefficient (Wildman–Crippen LogP) is 3.12. The zero-order chi connectivity index (χ0) is 16.9. The minimum atomic E-state index is -0.440. The van der Waals surface area contributed by atoms with Gasteiger partial charge in [0.25, 0.3) is 11.8 Å². The van der Waals surface area contributed by atoms with E-state index >= 15 is 0 Å². The van der Waals surface area contributed by atoms with Crippen molar-refractivity contribution in [1.82, 2.24) is 10.9 Å². The first-order valence-corrected chi connectivity index (χ1v) is 8.90. The number of hydrazine groups is 1. The van der Waals surface area contributed by atoms with Crippen LogP contribution in [0.4, 0.5) is 0 Å². The lowest BCUT2D eigenvalue weighted by Crippen LogP contribution is -2.43. The lowest BCUT2D eigenvalue weighted by molar-refractivity contribution is -0.123. The normalized spacial score (nSPS) is 13.0. The maximum absolute atomic E-state index is 12.1. The topological polar surface area (TPSA) is 67.4 Å². The molecule has 1 aliphatic carbocycles. The second-order valence-electron chi connectivity index (χ2n) is 5.51. The van der Waals surface area contributed by atoms with Gasteiger partial charge in [0.2, 0.25) is 0 Å². The maximum atomic E-state index is 12.1. The maximum Gasteiger partial charge on any atom is 0.279 e. The molecule has 0 radical (unpaired) electrons. The summed E-state index contributed by atoms with van der Waals surface area (Å²) >= 11 is 7.34. The van der Waals surface area contributed by atoms with E-state index in [0.29, 0.717) is 15.6 Å². The number of fused-ring (bicyclic) bond motifs is 1. The number of benzene rings is 1. The average molecular weight is 365 g/mol. The molecule has 0 atom stereocenters. The van der Waals surface area contributed by atoms with Crippen LogP contribution in [0.5, 0.6) is 5.75 Å². The van der Waals surface area contributed by atoms with Crippen molar-refractivity contribution < 1.29 is 14.3 Å². The number of carbonyl (C=O) groups excluding carboxylic acids is 2. The average Bonchev–Trinajstić information content (AvgIpc) is 3.02. The lowest BCUT2D eigenvalue weighted by atomic mass is 9.99. The number of hydrogen-bond acceptors (Lipinski definition) is 4. The number of hydrogen-bond donors (Lipinski definition) is 2. The number of thiophene rings is 1. The highest BCUT2D eigenvalue weighted by Crippen LogP contribution is 2.29. The van der Waals surface area contributed by atoms with Crippen LogP contribution in [0, 0.1) is 0 Å². The molecule has 0 bridgehead atoms. The van der Waals surface area contributed by atoms with Gasteiger partial charge in [0.1, 0.15) is 5.75 Å². The van der Waals surface area contributed by atoms with E-state index in [2.05, 4.69) is 10.9 Å². The van der Waals surface area contributed by atoms with Gasteiger partial charge in [0, 0.05) is 9.90 Å². The molecule has 5 nitrogen and oxygen atoms in total. The zero-order valence-corrected chi connectivity index (χ0v) is 14.5. The lowest BCUT2D eigenvalue weighted by Gasteiger charge is -2.08. The van der Waals surface area contributed by atoms with Gasteiger partial charge in [-0.25, -0.2) is 0 Å². The third kappa shape index (κ3) is 4.27. The van der Waals surface area contributed by atoms with Crippen LogP contribution in [0.25, 0.3) is 0 Å². The minimum Gasteiger partial charge on any atom is -0.484 e. The molecule has 1 heterocycles. The van der Waals surface area contributed by atoms with Crippen molar-refractivity contribution in [3.8, 4) is 5.75 Å². The molecule has 1 aromatic carbocycles. The molecule has 1 aliphatic rings. The molecule has 126 valence electrons. The summed E-state index contributed by atoms with van der Waals surface area (Å²) in [6, 6.07) is 8.69. The molecule has 0 spiro atoms. The fourth-order valence-electron chi connectivity index (χ4n) is 2.53. The summed E-state index contributed by atoms with van der Waals surface area (Å²) in [4.78, 5) is 25.8. The van der Waals surface area contributed by atoms with Gasteiger partial charge >= 0.3 is 0 Å². The van der Waals surface area contributed by atoms with Crippen LogP contribution in [0.1, 0.15) is 33.0 Å². The van der Waals surface area contributed by atoms with Crippen molar-refractivity contribution in [2.45, 2.75) is 25.7 Å². The molecule has 2 aromatic rings. The van der Waals surface area contributed by atoms with Gasteiger partial charge in [-0.2, -0.15) is 0 Å². The molecule has 0 fully saturated rings. The number of carbonyl (C=O) groups is 2. The highest BCUT2D eigenvalue weighted by molar-refractivity contribution is 7.14. The Bertz CT molecular complexity index is 737. The van der Waals surface area contributed by atoms with Gasteiger partial charge in [-0.3, -0.25) is 20.4 Å². The molecule has 0 saturated heterocycles. The molecular formula is C17H17ClN2O3S. The van der Waals surface area contributed by atoms with Crippen LogP contribution in [-0.2, 0) is 17.6 Å². The van der Waals surface area contributed by atoms with Crippen LogP contribution in [0.3, 0.4) is 0 Å². The summed E-state index contributed by atoms with van der Waals surface area (Å²) < 4.78 is 5.31. The Hall–Kier alpha value is -2.05. The van der Waals surface area contributed by atoms with E-state index in [-0.39, 0.29) is 12.5 Å². The van der Waals surface area contributed by atoms with Crippen molar-refractivity contribution in [2.24, 2.45) is 0 Å². The molecule has 7 heteroatoms. The van der Waals surface area contributed by atoms with E-state index in [9.17, 15) is 9.59 Å². The fourth-order valence-corrected chi connectivity index (χ4v) is 3.86. The summed E-state index contributed by atoms with van der Waals surface area (Å²) in [6.45, 7) is -0.207. The molecule has 0 aliphatic heterocycles. The quantitative estimate of drug-likeness (QED) is 0.819. The van der Waals surface area contributed by atoms with Crippen LogP contribution < -0.4 is 15.6 Å². The summed E-state index contributed by atoms with van der Waals surface area (Å²) in [7, 11) is 0. The first-order chi connectivity index (χ1) is 11.6. The van der Waals surface area contributed by atoms with Gasteiger partial charge in [-0.15, -0.1) is 11.3 Å². The molecule has 2 N–H and O–H groups in total. The molecule has 0 saturated carbocycles. The number of amides is 2. The van der Waals surface area contributed by atoms with Gasteiger partial charge < -0.3 is 4.74 Å². The molecule has 2 amide bonds. The summed E-state index contributed by atoms with van der Waals surface area (Å²) in [5.41, 5.74) is 6.03. The van der Waals surface area contributed by atoms with Crippen molar-refractivity contribution in [1.29, 1.82) is 0 Å². The highest BCUT2D eigenvalue weighted by atomic mass is 35.5. The van der Waals surface area contributed by atoms with Crippen LogP contribution in [-0.4, -0.2) is 18.4 Å². The molecule has 0 unspecified atom stereocenters. The van der Waals surface area contributed by atoms with Gasteiger partial charge in [0.15, 0.2) is 6.61 Å². The van der Waals surface area contributed by atoms with Crippen molar-refractivity contribution in [3.63, 3.8) is 0 Å². The third-order valence-electron chi connectivity index (χ3n) is 3.70. The standard InChI is InChI=1S/C17H17ClN2O3S/c18-12-5-3-6-13(9-12)23-10-16(21)19-20-17(22)15-8-11-4-1-2-7-14(11)24-15/h3,5-6,8-9H,1-2,4,7,10H2,(H,19,21)(H,20,22). The summed E-state index contributed by atoms with van der Waals surface area (Å²) in [5.74, 6) is -0.245. The largest absolute Gasteiger partial charge is 0.484 e. The monoisotopic (exact) mass is 364 g/mol. The first kappa shape index (κ1) is 16.8. The van der Waals surface area contributed by atoms with E-state index in [1.165, 1.54) is 34.6 Å². The highest BCUT2D eigenvalue weighted by Gasteiger charge is 2.17. The van der Waals surface area contributed by atoms with E-state index in [0.717, 1.165) is 12.8 Å². The number of rotatable bonds is 4. The summed E-state index contributed by atoms with van der Waals surface area (Å²) in [5, 5.41) is 0.530. The van der Waals surface area contributed by atoms with E-state index < -0.39 is 5.91 Å². The second-order valence-corrected chi connectivity index (χ2v) is 7.09. The molecule has 24 heavy (non-hydrogen) atoms. The Balaban J connectivity index is 1.47. The van der Waals surface area contributed by atoms with Gasteiger partial charge in [-0.1, -0.05) is 17.7 Å². The molecule has 1 aromatic heterocycles. The van der Waals surface area contributed by atoms with Crippen molar-refractivity contribution in [3.05, 3.63) is 50.7 Å². The van der Waals surface area contributed by atoms with E-state index in [4.69, 9.17) is 16.3 Å². The van der Waals surface area contributed by atoms with Crippen LogP contribution in [0.2, 0.25) is 5.02 Å². The number of nitrogens with one attached hydrogen (secondary N) is 2. The van der Waals surface area contributed by atoms with Crippen molar-refractivity contribution >= 4 is 34.8 Å². The van der Waals surface area contributed by atoms with Crippen molar-refractivity contribution in [2.75, 3.05) is 6.61 Å². The van der Waals surface area contributed by atoms with Gasteiger partial charge in [-0.05, 0) is 55.5 Å². The van der Waals surface area contributed by atoms with Crippen LogP contribution in [0.15, 0.2) is 30.3 Å². The second kappa shape index (κ2) is 7.68. The number of halogens is 1. The smallest absolute Gasteiger partial charge is 0.279 e. The SMILES string of the molecule is O=C(COc1cccc(Cl)c1)NNC(=O)c1cc2c(s1)CCCC2. The van der Waals surface area contributed by atoms with E-state index in [1.807, 2.05) is 6.07 Å². The Labute approximate surface area is 148 Å². The third-order valence-corrected chi connectivity index (χ3v) is 5.17. The number of ether oxygens (including phenoxy) is 1. The molecule has 3 rings (SSSR count). The van der Waals surface area contributed by atoms with E-state index in [1.54, 1.807) is 24.3 Å². The Morgan fingerprint density at radius 1 is 1.17 bits per heavy atom. The number of aryl methyl sites for hydroxylation is 2. The van der Waals surface area contributed by atoms with Crippen LogP contribution >= 0.6 is 22.9 Å². The Morgan fingerprint density at radius 2 is 2.00 bits per heavy atom.